The van der Waals surface area contributed by atoms with E-state index in [4.69, 9.17) is 4.74 Å². The smallest absolute Gasteiger partial charge is 0.282 e. The Hall–Kier alpha value is -3.72. The second-order valence-corrected chi connectivity index (χ2v) is 8.72. The first-order valence-electron chi connectivity index (χ1n) is 11.0. The van der Waals surface area contributed by atoms with Gasteiger partial charge in [-0.3, -0.25) is 14.2 Å². The molecule has 0 saturated carbocycles. The highest BCUT2D eigenvalue weighted by atomic mass is 32.2. The van der Waals surface area contributed by atoms with Crippen molar-refractivity contribution in [3.05, 3.63) is 82.9 Å². The Morgan fingerprint density at radius 2 is 1.82 bits per heavy atom. The fourth-order valence-corrected chi connectivity index (χ4v) is 4.48. The number of aryl methyl sites for hydroxylation is 1. The number of benzene rings is 2. The normalized spacial score (nSPS) is 11.8. The molecule has 0 aliphatic rings. The molecule has 0 aliphatic carbocycles. The van der Waals surface area contributed by atoms with Crippen molar-refractivity contribution >= 4 is 34.5 Å². The number of rotatable bonds is 9. The van der Waals surface area contributed by atoms with Crippen molar-refractivity contribution in [1.82, 2.24) is 19.5 Å². The first-order valence-corrected chi connectivity index (χ1v) is 11.8. The molecule has 2 aromatic carbocycles. The number of nitrogens with one attached hydrogen (secondary N) is 1. The molecule has 8 nitrogen and oxygen atoms in total. The Bertz CT molecular complexity index is 1330. The molecule has 34 heavy (non-hydrogen) atoms. The summed E-state index contributed by atoms with van der Waals surface area (Å²) in [7, 11) is 1.59. The van der Waals surface area contributed by atoms with E-state index in [-0.39, 0.29) is 22.6 Å². The number of thioether (sulfide) groups is 1. The number of ether oxygens (including phenoxy) is 1. The summed E-state index contributed by atoms with van der Waals surface area (Å²) in [6.45, 7) is 2.35. The molecule has 4 rings (SSSR count). The van der Waals surface area contributed by atoms with Gasteiger partial charge in [0.1, 0.15) is 5.75 Å². The molecule has 1 atom stereocenters. The number of hydrogen-bond acceptors (Lipinski definition) is 7. The van der Waals surface area contributed by atoms with Crippen LogP contribution in [0, 0.1) is 0 Å². The Morgan fingerprint density at radius 3 is 2.53 bits per heavy atom. The zero-order valence-electron chi connectivity index (χ0n) is 19.0. The molecule has 174 valence electrons. The zero-order valence-corrected chi connectivity index (χ0v) is 19.8. The molecule has 0 fully saturated rings. The predicted octanol–water partition coefficient (Wildman–Crippen LogP) is 3.95. The Balaban J connectivity index is 1.61. The van der Waals surface area contributed by atoms with Gasteiger partial charge in [-0.1, -0.05) is 49.0 Å². The monoisotopic (exact) mass is 475 g/mol. The van der Waals surface area contributed by atoms with E-state index in [1.807, 2.05) is 37.3 Å². The van der Waals surface area contributed by atoms with Crippen molar-refractivity contribution in [2.24, 2.45) is 0 Å². The van der Waals surface area contributed by atoms with Gasteiger partial charge in [0.25, 0.3) is 5.56 Å². The summed E-state index contributed by atoms with van der Waals surface area (Å²) in [6.07, 6.45) is 4.19. The number of anilines is 1. The van der Waals surface area contributed by atoms with Gasteiger partial charge >= 0.3 is 0 Å². The van der Waals surface area contributed by atoms with Crippen LogP contribution in [0.5, 0.6) is 5.75 Å². The van der Waals surface area contributed by atoms with Crippen LogP contribution in [0.3, 0.4) is 0 Å². The second-order valence-electron chi connectivity index (χ2n) is 7.55. The molecule has 4 aromatic rings. The zero-order chi connectivity index (χ0) is 23.9. The average Bonchev–Trinajstić information content (AvgIpc) is 2.88. The molecule has 0 bridgehead atoms. The first kappa shape index (κ1) is 23.4. The standard InChI is InChI=1S/C25H25N5O3S/c1-3-20(23(31)28-18-9-11-19(33-2)12-10-18)34-25-29-22-21(26-14-15-27-22)24(32)30(25)16-13-17-7-5-4-6-8-17/h4-12,14-15,20H,3,13,16H2,1-2H3,(H,28,31)/t20-/m0/s1. The van der Waals surface area contributed by atoms with Crippen LogP contribution in [-0.2, 0) is 17.8 Å². The molecular weight excluding hydrogens is 450 g/mol. The van der Waals surface area contributed by atoms with Gasteiger partial charge in [-0.05, 0) is 42.7 Å². The second kappa shape index (κ2) is 10.9. The van der Waals surface area contributed by atoms with Gasteiger partial charge in [0, 0.05) is 24.6 Å². The molecule has 0 radical (unpaired) electrons. The Morgan fingerprint density at radius 1 is 1.09 bits per heavy atom. The molecular formula is C25H25N5O3S. The van der Waals surface area contributed by atoms with Crippen molar-refractivity contribution < 1.29 is 9.53 Å². The molecule has 1 amide bonds. The Kier molecular flexibility index (Phi) is 7.54. The van der Waals surface area contributed by atoms with Gasteiger partial charge in [0.15, 0.2) is 16.3 Å². The summed E-state index contributed by atoms with van der Waals surface area (Å²) in [5.41, 5.74) is 2.01. The van der Waals surface area contributed by atoms with Crippen molar-refractivity contribution in [3.8, 4) is 5.75 Å². The van der Waals surface area contributed by atoms with Crippen LogP contribution in [0.25, 0.3) is 11.2 Å². The Labute approximate surface area is 201 Å². The minimum absolute atomic E-state index is 0.166. The topological polar surface area (TPSA) is 99.0 Å². The van der Waals surface area contributed by atoms with Crippen molar-refractivity contribution in [3.63, 3.8) is 0 Å². The van der Waals surface area contributed by atoms with Crippen LogP contribution in [0.1, 0.15) is 18.9 Å². The third-order valence-electron chi connectivity index (χ3n) is 5.29. The molecule has 0 spiro atoms. The van der Waals surface area contributed by atoms with Crippen LogP contribution < -0.4 is 15.6 Å². The molecule has 0 aliphatic heterocycles. The first-order chi connectivity index (χ1) is 16.6. The number of carbonyl (C=O) groups is 1. The summed E-state index contributed by atoms with van der Waals surface area (Å²) in [4.78, 5) is 39.3. The lowest BCUT2D eigenvalue weighted by Gasteiger charge is -2.18. The highest BCUT2D eigenvalue weighted by molar-refractivity contribution is 8.00. The van der Waals surface area contributed by atoms with Gasteiger partial charge in [-0.2, -0.15) is 0 Å². The van der Waals surface area contributed by atoms with Gasteiger partial charge in [0.2, 0.25) is 5.91 Å². The lowest BCUT2D eigenvalue weighted by molar-refractivity contribution is -0.115. The molecule has 2 aromatic heterocycles. The van der Waals surface area contributed by atoms with E-state index < -0.39 is 5.25 Å². The average molecular weight is 476 g/mol. The molecule has 0 saturated heterocycles. The van der Waals surface area contributed by atoms with Crippen LogP contribution in [-0.4, -0.2) is 37.8 Å². The summed E-state index contributed by atoms with van der Waals surface area (Å²) < 4.78 is 6.76. The summed E-state index contributed by atoms with van der Waals surface area (Å²) in [5.74, 6) is 0.545. The molecule has 0 unspecified atom stereocenters. The number of fused-ring (bicyclic) bond motifs is 1. The maximum atomic E-state index is 13.3. The third kappa shape index (κ3) is 5.43. The van der Waals surface area contributed by atoms with Crippen LogP contribution in [0.4, 0.5) is 5.69 Å². The lowest BCUT2D eigenvalue weighted by Crippen LogP contribution is -2.29. The summed E-state index contributed by atoms with van der Waals surface area (Å²) in [5, 5.41) is 2.93. The van der Waals surface area contributed by atoms with Crippen molar-refractivity contribution in [2.45, 2.75) is 36.7 Å². The predicted molar refractivity (Wildman–Crippen MR) is 133 cm³/mol. The van der Waals surface area contributed by atoms with E-state index in [9.17, 15) is 9.59 Å². The van der Waals surface area contributed by atoms with E-state index in [0.29, 0.717) is 36.0 Å². The third-order valence-corrected chi connectivity index (χ3v) is 6.65. The van der Waals surface area contributed by atoms with Gasteiger partial charge in [-0.25, -0.2) is 15.0 Å². The van der Waals surface area contributed by atoms with E-state index in [2.05, 4.69) is 20.3 Å². The van der Waals surface area contributed by atoms with E-state index in [1.54, 1.807) is 35.9 Å². The van der Waals surface area contributed by atoms with Crippen molar-refractivity contribution in [1.29, 1.82) is 0 Å². The maximum Gasteiger partial charge on any atom is 0.282 e. The van der Waals surface area contributed by atoms with Crippen LogP contribution >= 0.6 is 11.8 Å². The molecule has 9 heteroatoms. The fraction of sp³-hybridized carbons (Fsp3) is 0.240. The van der Waals surface area contributed by atoms with Crippen LogP contribution in [0.2, 0.25) is 0 Å². The number of amides is 1. The van der Waals surface area contributed by atoms with E-state index in [1.165, 1.54) is 24.2 Å². The minimum Gasteiger partial charge on any atom is -0.497 e. The maximum absolute atomic E-state index is 13.3. The van der Waals surface area contributed by atoms with Crippen molar-refractivity contribution in [2.75, 3.05) is 12.4 Å². The quantitative estimate of drug-likeness (QED) is 0.289. The number of aromatic nitrogens is 4. The number of nitrogens with zero attached hydrogens (tertiary/aromatic N) is 4. The highest BCUT2D eigenvalue weighted by Crippen LogP contribution is 2.26. The highest BCUT2D eigenvalue weighted by Gasteiger charge is 2.23. The van der Waals surface area contributed by atoms with E-state index in [0.717, 1.165) is 5.56 Å². The summed E-state index contributed by atoms with van der Waals surface area (Å²) >= 11 is 1.26. The number of methoxy groups -OCH3 is 1. The largest absolute Gasteiger partial charge is 0.497 e. The van der Waals surface area contributed by atoms with Gasteiger partial charge < -0.3 is 10.1 Å². The van der Waals surface area contributed by atoms with Gasteiger partial charge in [-0.15, -0.1) is 0 Å². The van der Waals surface area contributed by atoms with Crippen LogP contribution in [0.15, 0.2) is 76.9 Å². The number of carbonyl (C=O) groups excluding carboxylic acids is 1. The fourth-order valence-electron chi connectivity index (χ4n) is 3.45. The molecule has 1 N–H and O–H groups in total. The molecule has 2 heterocycles. The SMILES string of the molecule is CC[C@H](Sc1nc2nccnc2c(=O)n1CCc1ccccc1)C(=O)Nc1ccc(OC)cc1. The lowest BCUT2D eigenvalue weighted by atomic mass is 10.1. The minimum atomic E-state index is -0.453. The van der Waals surface area contributed by atoms with E-state index >= 15 is 0 Å². The number of hydrogen-bond donors (Lipinski definition) is 1. The summed E-state index contributed by atoms with van der Waals surface area (Å²) in [6, 6.07) is 17.1. The van der Waals surface area contributed by atoms with Gasteiger partial charge in [0.05, 0.1) is 12.4 Å².